The van der Waals surface area contributed by atoms with Crippen molar-refractivity contribution in [3.05, 3.63) is 62.8 Å². The molecule has 0 unspecified atom stereocenters. The predicted molar refractivity (Wildman–Crippen MR) is 130 cm³/mol. The van der Waals surface area contributed by atoms with E-state index >= 15 is 0 Å². The van der Waals surface area contributed by atoms with Crippen LogP contribution in [0.4, 0.5) is 0 Å². The van der Waals surface area contributed by atoms with E-state index in [-0.39, 0.29) is 16.9 Å². The van der Waals surface area contributed by atoms with Crippen LogP contribution in [0.1, 0.15) is 48.0 Å². The lowest BCUT2D eigenvalue weighted by molar-refractivity contribution is 0.0600. The summed E-state index contributed by atoms with van der Waals surface area (Å²) >= 11 is 1.64. The summed E-state index contributed by atoms with van der Waals surface area (Å²) in [6, 6.07) is 10.6. The Balaban J connectivity index is 1.47. The second-order valence-corrected chi connectivity index (χ2v) is 10.7. The highest BCUT2D eigenvalue weighted by Crippen LogP contribution is 2.42. The van der Waals surface area contributed by atoms with Crippen molar-refractivity contribution in [2.75, 3.05) is 7.11 Å². The van der Waals surface area contributed by atoms with Gasteiger partial charge in [-0.2, -0.15) is 0 Å². The zero-order valence-corrected chi connectivity index (χ0v) is 20.0. The number of aromatic nitrogens is 2. The van der Waals surface area contributed by atoms with Crippen molar-refractivity contribution in [3.8, 4) is 22.9 Å². The van der Waals surface area contributed by atoms with Crippen molar-refractivity contribution in [2.45, 2.75) is 40.0 Å². The number of thiophene rings is 1. The van der Waals surface area contributed by atoms with Crippen molar-refractivity contribution in [3.63, 3.8) is 0 Å². The minimum absolute atomic E-state index is 0.109. The SMILES string of the molecule is COC(=O)c1ccc(-c2ccc(-c3nc4sc5c(c4c(=O)[nH]3)CC[C@@H](C(C)(C)C)C5)o2)cc1. The van der Waals surface area contributed by atoms with Crippen LogP contribution in [0.3, 0.4) is 0 Å². The first-order valence-corrected chi connectivity index (χ1v) is 11.9. The molecule has 0 fully saturated rings. The Morgan fingerprint density at radius 3 is 2.58 bits per heavy atom. The van der Waals surface area contributed by atoms with E-state index in [0.717, 1.165) is 35.0 Å². The summed E-state index contributed by atoms with van der Waals surface area (Å²) in [6.45, 7) is 6.86. The first-order chi connectivity index (χ1) is 15.7. The largest absolute Gasteiger partial charge is 0.465 e. The monoisotopic (exact) mass is 462 g/mol. The van der Waals surface area contributed by atoms with Crippen molar-refractivity contribution in [2.24, 2.45) is 11.3 Å². The molecule has 0 saturated heterocycles. The molecule has 33 heavy (non-hydrogen) atoms. The van der Waals surface area contributed by atoms with Crippen molar-refractivity contribution < 1.29 is 13.9 Å². The number of carbonyl (C=O) groups excluding carboxylic acids is 1. The molecule has 3 aromatic heterocycles. The van der Waals surface area contributed by atoms with Gasteiger partial charge in [0.2, 0.25) is 0 Å². The van der Waals surface area contributed by atoms with Crippen LogP contribution in [0, 0.1) is 11.3 Å². The molecule has 4 aromatic rings. The molecule has 0 saturated carbocycles. The highest BCUT2D eigenvalue weighted by Gasteiger charge is 2.31. The van der Waals surface area contributed by atoms with Crippen molar-refractivity contribution >= 4 is 27.5 Å². The first-order valence-electron chi connectivity index (χ1n) is 11.1. The molecular formula is C26H26N2O4S. The summed E-state index contributed by atoms with van der Waals surface area (Å²) in [5.74, 6) is 1.78. The quantitative estimate of drug-likeness (QED) is 0.386. The molecule has 170 valence electrons. The average molecular weight is 463 g/mol. The van der Waals surface area contributed by atoms with Crippen LogP contribution in [0.5, 0.6) is 0 Å². The zero-order valence-electron chi connectivity index (χ0n) is 19.2. The highest BCUT2D eigenvalue weighted by atomic mass is 32.1. The van der Waals surface area contributed by atoms with E-state index in [1.54, 1.807) is 41.7 Å². The molecule has 0 spiro atoms. The fraction of sp³-hybridized carbons (Fsp3) is 0.346. The number of furan rings is 1. The van der Waals surface area contributed by atoms with Gasteiger partial charge in [0.1, 0.15) is 10.6 Å². The van der Waals surface area contributed by atoms with Crippen molar-refractivity contribution in [1.82, 2.24) is 9.97 Å². The third-order valence-electron chi connectivity index (χ3n) is 6.57. The number of nitrogens with one attached hydrogen (secondary N) is 1. The molecule has 5 rings (SSSR count). The number of methoxy groups -OCH3 is 1. The molecule has 6 nitrogen and oxygen atoms in total. The molecule has 1 atom stereocenters. The number of H-pyrrole nitrogens is 1. The first kappa shape index (κ1) is 21.6. The predicted octanol–water partition coefficient (Wildman–Crippen LogP) is 5.85. The Morgan fingerprint density at radius 1 is 1.15 bits per heavy atom. The number of fused-ring (bicyclic) bond motifs is 3. The summed E-state index contributed by atoms with van der Waals surface area (Å²) in [5, 5.41) is 0.733. The lowest BCUT2D eigenvalue weighted by atomic mass is 9.72. The fourth-order valence-electron chi connectivity index (χ4n) is 4.55. The van der Waals surface area contributed by atoms with E-state index in [1.165, 1.54) is 17.6 Å². The second kappa shape index (κ2) is 7.99. The zero-order chi connectivity index (χ0) is 23.3. The number of hydrogen-bond acceptors (Lipinski definition) is 6. The minimum atomic E-state index is -0.385. The van der Waals surface area contributed by atoms with E-state index in [1.807, 2.05) is 6.07 Å². The molecule has 1 aliphatic carbocycles. The summed E-state index contributed by atoms with van der Waals surface area (Å²) in [6.07, 6.45) is 3.02. The van der Waals surface area contributed by atoms with Gasteiger partial charge in [-0.1, -0.05) is 32.9 Å². The van der Waals surface area contributed by atoms with Gasteiger partial charge in [-0.25, -0.2) is 9.78 Å². The normalized spacial score (nSPS) is 16.1. The number of esters is 1. The second-order valence-electron chi connectivity index (χ2n) is 9.64. The fourth-order valence-corrected chi connectivity index (χ4v) is 5.85. The molecule has 0 aliphatic heterocycles. The summed E-state index contributed by atoms with van der Waals surface area (Å²) in [4.78, 5) is 34.4. The number of aryl methyl sites for hydroxylation is 1. The molecule has 0 bridgehead atoms. The van der Waals surface area contributed by atoms with Gasteiger partial charge in [-0.3, -0.25) is 4.79 Å². The molecule has 1 aliphatic rings. The van der Waals surface area contributed by atoms with E-state index in [0.29, 0.717) is 28.8 Å². The lowest BCUT2D eigenvalue weighted by Crippen LogP contribution is -2.26. The molecule has 1 aromatic carbocycles. The Labute approximate surface area is 195 Å². The van der Waals surface area contributed by atoms with Crippen molar-refractivity contribution in [1.29, 1.82) is 0 Å². The van der Waals surface area contributed by atoms with Gasteiger partial charge < -0.3 is 14.1 Å². The number of aromatic amines is 1. The summed E-state index contributed by atoms with van der Waals surface area (Å²) < 4.78 is 10.7. The molecule has 7 heteroatoms. The van der Waals surface area contributed by atoms with Crippen LogP contribution >= 0.6 is 11.3 Å². The van der Waals surface area contributed by atoms with Crippen LogP contribution < -0.4 is 5.56 Å². The van der Waals surface area contributed by atoms with Gasteiger partial charge in [-0.15, -0.1) is 11.3 Å². The molecular weight excluding hydrogens is 436 g/mol. The maximum atomic E-state index is 13.0. The number of rotatable bonds is 3. The molecule has 0 amide bonds. The number of hydrogen-bond donors (Lipinski definition) is 1. The molecule has 0 radical (unpaired) electrons. The molecule has 1 N–H and O–H groups in total. The third-order valence-corrected chi connectivity index (χ3v) is 7.72. The van der Waals surface area contributed by atoms with E-state index in [4.69, 9.17) is 14.1 Å². The van der Waals surface area contributed by atoms with E-state index in [9.17, 15) is 9.59 Å². The number of ether oxygens (including phenoxy) is 1. The Morgan fingerprint density at radius 2 is 1.88 bits per heavy atom. The average Bonchev–Trinajstić information content (AvgIpc) is 3.42. The Bertz CT molecular complexity index is 1400. The minimum Gasteiger partial charge on any atom is -0.465 e. The Kier molecular flexibility index (Phi) is 5.24. The molecule has 3 heterocycles. The number of benzene rings is 1. The van der Waals surface area contributed by atoms with Crippen LogP contribution in [-0.4, -0.2) is 23.0 Å². The maximum absolute atomic E-state index is 13.0. The van der Waals surface area contributed by atoms with Crippen LogP contribution in [0.15, 0.2) is 45.6 Å². The summed E-state index contributed by atoms with van der Waals surface area (Å²) in [7, 11) is 1.35. The van der Waals surface area contributed by atoms with Crippen LogP contribution in [0.25, 0.3) is 33.1 Å². The topological polar surface area (TPSA) is 85.2 Å². The smallest absolute Gasteiger partial charge is 0.337 e. The van der Waals surface area contributed by atoms with Gasteiger partial charge in [0.05, 0.1) is 18.1 Å². The lowest BCUT2D eigenvalue weighted by Gasteiger charge is -2.33. The van der Waals surface area contributed by atoms with Gasteiger partial charge in [0, 0.05) is 10.4 Å². The standard InChI is InChI=1S/C26H26N2O4S/c1-26(2,3)16-9-10-17-20(13-16)33-24-21(17)23(29)27-22(28-24)19-12-11-18(32-19)14-5-7-15(8-6-14)25(30)31-4/h5-8,11-12,16H,9-10,13H2,1-4H3,(H,27,28,29)/t16-/m1/s1. The highest BCUT2D eigenvalue weighted by molar-refractivity contribution is 7.18. The van der Waals surface area contributed by atoms with Gasteiger partial charge in [-0.05, 0) is 60.4 Å². The van der Waals surface area contributed by atoms with Gasteiger partial charge in [0.15, 0.2) is 11.6 Å². The van der Waals surface area contributed by atoms with E-state index in [2.05, 4.69) is 25.8 Å². The maximum Gasteiger partial charge on any atom is 0.337 e. The van der Waals surface area contributed by atoms with Crippen LogP contribution in [-0.2, 0) is 17.6 Å². The van der Waals surface area contributed by atoms with E-state index < -0.39 is 0 Å². The third kappa shape index (κ3) is 3.91. The van der Waals surface area contributed by atoms with Gasteiger partial charge in [0.25, 0.3) is 5.56 Å². The van der Waals surface area contributed by atoms with Crippen LogP contribution in [0.2, 0.25) is 0 Å². The number of carbonyl (C=O) groups is 1. The number of nitrogens with zero attached hydrogens (tertiary/aromatic N) is 1. The van der Waals surface area contributed by atoms with Gasteiger partial charge >= 0.3 is 5.97 Å². The Hall–Kier alpha value is -3.19. The summed E-state index contributed by atoms with van der Waals surface area (Å²) in [5.41, 5.74) is 2.60.